The Hall–Kier alpha value is -1.38. The van der Waals surface area contributed by atoms with Crippen molar-refractivity contribution in [1.82, 2.24) is 0 Å². The molecule has 0 bridgehead atoms. The molecule has 0 radical (unpaired) electrons. The quantitative estimate of drug-likeness (QED) is 0.871. The number of carboxylic acid groups (broad SMARTS) is 1. The third-order valence-corrected chi connectivity index (χ3v) is 3.60. The summed E-state index contributed by atoms with van der Waals surface area (Å²) in [5.74, 6) is -1.58. The third kappa shape index (κ3) is 2.84. The van der Waals surface area contributed by atoms with Gasteiger partial charge in [-0.2, -0.15) is 0 Å². The van der Waals surface area contributed by atoms with E-state index in [9.17, 15) is 14.3 Å². The van der Waals surface area contributed by atoms with E-state index >= 15 is 0 Å². The number of carbonyl (C=O) groups is 1. The second kappa shape index (κ2) is 5.30. The molecule has 1 aromatic carbocycles. The molecule has 0 aliphatic heterocycles. The molecule has 1 aromatic rings. The summed E-state index contributed by atoms with van der Waals surface area (Å²) >= 11 is 0. The van der Waals surface area contributed by atoms with E-state index in [1.807, 2.05) is 0 Å². The first-order chi connectivity index (χ1) is 8.18. The summed E-state index contributed by atoms with van der Waals surface area (Å²) < 4.78 is 13.2. The molecule has 1 saturated carbocycles. The van der Waals surface area contributed by atoms with Crippen molar-refractivity contribution < 1.29 is 14.3 Å². The molecule has 0 saturated heterocycles. The summed E-state index contributed by atoms with van der Waals surface area (Å²) in [6.45, 7) is 0. The monoisotopic (exact) mass is 236 g/mol. The highest BCUT2D eigenvalue weighted by Gasteiger charge is 2.30. The van der Waals surface area contributed by atoms with Crippen LogP contribution in [0.1, 0.15) is 43.6 Å². The van der Waals surface area contributed by atoms with E-state index < -0.39 is 11.9 Å². The fourth-order valence-electron chi connectivity index (χ4n) is 2.78. The van der Waals surface area contributed by atoms with Gasteiger partial charge in [-0.15, -0.1) is 0 Å². The van der Waals surface area contributed by atoms with Crippen LogP contribution >= 0.6 is 0 Å². The lowest BCUT2D eigenvalue weighted by molar-refractivity contribution is -0.140. The van der Waals surface area contributed by atoms with Crippen LogP contribution < -0.4 is 0 Å². The number of rotatable bonds is 3. The fourth-order valence-corrected chi connectivity index (χ4v) is 2.78. The number of aliphatic carboxylic acids is 1. The van der Waals surface area contributed by atoms with Crippen LogP contribution in [0.2, 0.25) is 0 Å². The average molecular weight is 236 g/mol. The summed E-state index contributed by atoms with van der Waals surface area (Å²) in [6, 6.07) is 6.01. The highest BCUT2D eigenvalue weighted by molar-refractivity contribution is 5.76. The minimum atomic E-state index is -0.831. The highest BCUT2D eigenvalue weighted by atomic mass is 19.1. The van der Waals surface area contributed by atoms with Gasteiger partial charge in [-0.25, -0.2) is 4.39 Å². The zero-order chi connectivity index (χ0) is 12.3. The number of hydrogen-bond donors (Lipinski definition) is 1. The van der Waals surface area contributed by atoms with Gasteiger partial charge < -0.3 is 5.11 Å². The Kier molecular flexibility index (Phi) is 3.77. The Bertz CT molecular complexity index is 397. The predicted molar refractivity (Wildman–Crippen MR) is 63.4 cm³/mol. The molecule has 17 heavy (non-hydrogen) atoms. The lowest BCUT2D eigenvalue weighted by atomic mass is 9.77. The number of hydrogen-bond acceptors (Lipinski definition) is 1. The van der Waals surface area contributed by atoms with Gasteiger partial charge in [0.05, 0.1) is 5.92 Å². The number of halogens is 1. The minimum absolute atomic E-state index is 0.156. The molecular weight excluding hydrogens is 219 g/mol. The van der Waals surface area contributed by atoms with E-state index in [1.165, 1.54) is 18.6 Å². The largest absolute Gasteiger partial charge is 0.481 e. The molecule has 1 atom stereocenters. The van der Waals surface area contributed by atoms with E-state index in [0.717, 1.165) is 25.7 Å². The van der Waals surface area contributed by atoms with Crippen LogP contribution in [0, 0.1) is 11.7 Å². The van der Waals surface area contributed by atoms with E-state index in [1.54, 1.807) is 12.1 Å². The van der Waals surface area contributed by atoms with Crippen molar-refractivity contribution >= 4 is 5.97 Å². The molecule has 0 unspecified atom stereocenters. The predicted octanol–water partition coefficient (Wildman–Crippen LogP) is 3.57. The van der Waals surface area contributed by atoms with E-state index in [4.69, 9.17) is 0 Å². The summed E-state index contributed by atoms with van der Waals surface area (Å²) in [5, 5.41) is 9.35. The van der Waals surface area contributed by atoms with Gasteiger partial charge in [0.1, 0.15) is 5.82 Å². The standard InChI is InChI=1S/C14H17FO2/c15-12-8-4-7-11(9-12)13(14(16)17)10-5-2-1-3-6-10/h4,7-10,13H,1-3,5-6H2,(H,16,17)/t13-/m0/s1. The van der Waals surface area contributed by atoms with Gasteiger partial charge >= 0.3 is 5.97 Å². The van der Waals surface area contributed by atoms with Gasteiger partial charge in [-0.3, -0.25) is 4.79 Å². The average Bonchev–Trinajstić information content (AvgIpc) is 2.30. The maximum Gasteiger partial charge on any atom is 0.311 e. The summed E-state index contributed by atoms with van der Waals surface area (Å²) in [7, 11) is 0. The molecule has 1 N–H and O–H groups in total. The molecule has 0 heterocycles. The van der Waals surface area contributed by atoms with Crippen LogP contribution in [0.25, 0.3) is 0 Å². The third-order valence-electron chi connectivity index (χ3n) is 3.60. The Morgan fingerprint density at radius 2 is 2.00 bits per heavy atom. The zero-order valence-electron chi connectivity index (χ0n) is 9.73. The molecule has 1 aliphatic carbocycles. The molecular formula is C14H17FO2. The van der Waals surface area contributed by atoms with Crippen molar-refractivity contribution in [3.8, 4) is 0 Å². The molecule has 0 spiro atoms. The van der Waals surface area contributed by atoms with Gasteiger partial charge in [0.25, 0.3) is 0 Å². The fraction of sp³-hybridized carbons (Fsp3) is 0.500. The molecule has 1 fully saturated rings. The minimum Gasteiger partial charge on any atom is -0.481 e. The molecule has 2 rings (SSSR count). The summed E-state index contributed by atoms with van der Waals surface area (Å²) in [4.78, 5) is 11.4. The van der Waals surface area contributed by atoms with Crippen LogP contribution in [-0.4, -0.2) is 11.1 Å². The number of carboxylic acids is 1. The van der Waals surface area contributed by atoms with Crippen LogP contribution in [0.5, 0.6) is 0 Å². The topological polar surface area (TPSA) is 37.3 Å². The Labute approximate surface area is 100 Å². The Balaban J connectivity index is 2.25. The van der Waals surface area contributed by atoms with Crippen molar-refractivity contribution in [2.24, 2.45) is 5.92 Å². The lowest BCUT2D eigenvalue weighted by Gasteiger charge is -2.27. The first-order valence-electron chi connectivity index (χ1n) is 6.17. The molecule has 1 aliphatic rings. The second-order valence-corrected chi connectivity index (χ2v) is 4.77. The smallest absolute Gasteiger partial charge is 0.311 e. The Morgan fingerprint density at radius 3 is 2.59 bits per heavy atom. The van der Waals surface area contributed by atoms with Crippen LogP contribution in [0.4, 0.5) is 4.39 Å². The van der Waals surface area contributed by atoms with Crippen molar-refractivity contribution in [3.63, 3.8) is 0 Å². The normalized spacial score (nSPS) is 18.9. The van der Waals surface area contributed by atoms with Crippen molar-refractivity contribution in [3.05, 3.63) is 35.6 Å². The first kappa shape index (κ1) is 12.1. The van der Waals surface area contributed by atoms with E-state index in [0.29, 0.717) is 5.56 Å². The van der Waals surface area contributed by atoms with Gasteiger partial charge in [0, 0.05) is 0 Å². The number of benzene rings is 1. The maximum absolute atomic E-state index is 13.2. The van der Waals surface area contributed by atoms with Gasteiger partial charge in [-0.05, 0) is 36.5 Å². The SMILES string of the molecule is O=C(O)[C@H](c1cccc(F)c1)C1CCCCC1. The molecule has 3 heteroatoms. The maximum atomic E-state index is 13.2. The zero-order valence-corrected chi connectivity index (χ0v) is 9.73. The second-order valence-electron chi connectivity index (χ2n) is 4.77. The Morgan fingerprint density at radius 1 is 1.29 bits per heavy atom. The van der Waals surface area contributed by atoms with Crippen LogP contribution in [-0.2, 0) is 4.79 Å². The first-order valence-corrected chi connectivity index (χ1v) is 6.17. The molecule has 92 valence electrons. The van der Waals surface area contributed by atoms with Crippen molar-refractivity contribution in [2.75, 3.05) is 0 Å². The van der Waals surface area contributed by atoms with E-state index in [-0.39, 0.29) is 11.7 Å². The van der Waals surface area contributed by atoms with Gasteiger partial charge in [0.15, 0.2) is 0 Å². The molecule has 0 aromatic heterocycles. The highest BCUT2D eigenvalue weighted by Crippen LogP contribution is 2.36. The van der Waals surface area contributed by atoms with Crippen molar-refractivity contribution in [2.45, 2.75) is 38.0 Å². The van der Waals surface area contributed by atoms with Gasteiger partial charge in [-0.1, -0.05) is 31.4 Å². The van der Waals surface area contributed by atoms with Gasteiger partial charge in [0.2, 0.25) is 0 Å². The molecule has 0 amide bonds. The van der Waals surface area contributed by atoms with Crippen LogP contribution in [0.3, 0.4) is 0 Å². The summed E-state index contributed by atoms with van der Waals surface area (Å²) in [5.41, 5.74) is 0.601. The summed E-state index contributed by atoms with van der Waals surface area (Å²) in [6.07, 6.45) is 5.24. The molecule has 2 nitrogen and oxygen atoms in total. The van der Waals surface area contributed by atoms with E-state index in [2.05, 4.69) is 0 Å². The van der Waals surface area contributed by atoms with Crippen molar-refractivity contribution in [1.29, 1.82) is 0 Å². The van der Waals surface area contributed by atoms with Crippen LogP contribution in [0.15, 0.2) is 24.3 Å². The lowest BCUT2D eigenvalue weighted by Crippen LogP contribution is -2.23.